The highest BCUT2D eigenvalue weighted by Crippen LogP contribution is 2.13. The lowest BCUT2D eigenvalue weighted by Crippen LogP contribution is -2.22. The smallest absolute Gasteiger partial charge is 0.127 e. The molecule has 0 fully saturated rings. The lowest BCUT2D eigenvalue weighted by molar-refractivity contribution is 0.558. The van der Waals surface area contributed by atoms with Crippen molar-refractivity contribution in [2.24, 2.45) is 11.7 Å². The van der Waals surface area contributed by atoms with E-state index in [2.05, 4.69) is 31.1 Å². The van der Waals surface area contributed by atoms with E-state index in [1.54, 1.807) is 0 Å². The van der Waals surface area contributed by atoms with E-state index in [-0.39, 0.29) is 0 Å². The Bertz CT molecular complexity index is 388. The van der Waals surface area contributed by atoms with Crippen LogP contribution in [0.3, 0.4) is 0 Å². The normalized spacial score (nSPS) is 12.6. The van der Waals surface area contributed by atoms with Crippen LogP contribution in [0.2, 0.25) is 0 Å². The van der Waals surface area contributed by atoms with Gasteiger partial charge in [-0.3, -0.25) is 0 Å². The molecule has 1 aromatic heterocycles. The van der Waals surface area contributed by atoms with Crippen molar-refractivity contribution in [1.82, 2.24) is 4.98 Å². The van der Waals surface area contributed by atoms with Crippen LogP contribution in [-0.2, 0) is 0 Å². The number of aromatic nitrogens is 1. The zero-order valence-corrected chi connectivity index (χ0v) is 11.1. The van der Waals surface area contributed by atoms with E-state index in [1.807, 2.05) is 19.1 Å². The van der Waals surface area contributed by atoms with Crippen molar-refractivity contribution in [3.8, 4) is 0 Å². The number of thiocarbonyl (C=S) groups is 1. The Labute approximate surface area is 102 Å². The molecule has 1 heterocycles. The van der Waals surface area contributed by atoms with Gasteiger partial charge in [-0.1, -0.05) is 26.1 Å². The molecule has 16 heavy (non-hydrogen) atoms. The number of anilines is 1. The number of aryl methyl sites for hydroxylation is 1. The zero-order chi connectivity index (χ0) is 12.3. The maximum atomic E-state index is 5.62. The first-order chi connectivity index (χ1) is 7.40. The summed E-state index contributed by atoms with van der Waals surface area (Å²) in [4.78, 5) is 4.82. The first-order valence-corrected chi connectivity index (χ1v) is 5.86. The molecule has 1 unspecified atom stereocenters. The molecule has 0 saturated heterocycles. The molecule has 0 radical (unpaired) electrons. The molecule has 0 aliphatic heterocycles. The Hall–Kier alpha value is -1.16. The summed E-state index contributed by atoms with van der Waals surface area (Å²) in [5.41, 5.74) is 7.40. The number of hydrogen-bond acceptors (Lipinski definition) is 3. The minimum atomic E-state index is 0.369. The van der Waals surface area contributed by atoms with E-state index in [1.165, 1.54) is 0 Å². The molecular weight excluding hydrogens is 218 g/mol. The van der Waals surface area contributed by atoms with Gasteiger partial charge in [-0.15, -0.1) is 0 Å². The summed E-state index contributed by atoms with van der Waals surface area (Å²) < 4.78 is 0. The SMILES string of the molecule is Cc1cc(C(N)=S)cc(NC(C)C(C)C)n1. The highest BCUT2D eigenvalue weighted by molar-refractivity contribution is 7.80. The van der Waals surface area contributed by atoms with Gasteiger partial charge in [0, 0.05) is 17.3 Å². The predicted molar refractivity (Wildman–Crippen MR) is 72.8 cm³/mol. The van der Waals surface area contributed by atoms with Gasteiger partial charge in [-0.05, 0) is 31.9 Å². The van der Waals surface area contributed by atoms with Gasteiger partial charge < -0.3 is 11.1 Å². The van der Waals surface area contributed by atoms with Crippen LogP contribution in [0.1, 0.15) is 32.0 Å². The molecule has 88 valence electrons. The minimum absolute atomic E-state index is 0.369. The number of pyridine rings is 1. The van der Waals surface area contributed by atoms with Crippen LogP contribution >= 0.6 is 12.2 Å². The third kappa shape index (κ3) is 3.45. The van der Waals surface area contributed by atoms with Gasteiger partial charge in [-0.25, -0.2) is 4.98 Å². The standard InChI is InChI=1S/C12H19N3S/c1-7(2)9(4)15-11-6-10(12(13)16)5-8(3)14-11/h5-7,9H,1-4H3,(H2,13,16)(H,14,15). The van der Waals surface area contributed by atoms with E-state index in [0.29, 0.717) is 16.9 Å². The molecule has 0 aliphatic rings. The fraction of sp³-hybridized carbons (Fsp3) is 0.500. The molecule has 1 atom stereocenters. The molecule has 1 aromatic rings. The first kappa shape index (κ1) is 12.9. The van der Waals surface area contributed by atoms with Crippen molar-refractivity contribution in [1.29, 1.82) is 0 Å². The second-order valence-corrected chi connectivity index (χ2v) is 4.86. The van der Waals surface area contributed by atoms with Crippen LogP contribution in [0.4, 0.5) is 5.82 Å². The van der Waals surface area contributed by atoms with Crippen LogP contribution in [0.15, 0.2) is 12.1 Å². The largest absolute Gasteiger partial charge is 0.389 e. The summed E-state index contributed by atoms with van der Waals surface area (Å²) in [7, 11) is 0. The molecule has 0 saturated carbocycles. The second kappa shape index (κ2) is 5.25. The molecule has 4 heteroatoms. The average molecular weight is 237 g/mol. The monoisotopic (exact) mass is 237 g/mol. The molecule has 3 N–H and O–H groups in total. The van der Waals surface area contributed by atoms with Crippen molar-refractivity contribution < 1.29 is 0 Å². The number of rotatable bonds is 4. The van der Waals surface area contributed by atoms with Crippen LogP contribution in [-0.4, -0.2) is 16.0 Å². The van der Waals surface area contributed by atoms with Crippen molar-refractivity contribution >= 4 is 23.0 Å². The van der Waals surface area contributed by atoms with Crippen molar-refractivity contribution in [3.63, 3.8) is 0 Å². The van der Waals surface area contributed by atoms with Crippen LogP contribution < -0.4 is 11.1 Å². The van der Waals surface area contributed by atoms with Gasteiger partial charge in [0.1, 0.15) is 10.8 Å². The summed E-state index contributed by atoms with van der Waals surface area (Å²) in [6.07, 6.45) is 0. The molecular formula is C12H19N3S. The maximum absolute atomic E-state index is 5.62. The topological polar surface area (TPSA) is 50.9 Å². The number of hydrogen-bond donors (Lipinski definition) is 2. The molecule has 0 aromatic carbocycles. The van der Waals surface area contributed by atoms with E-state index >= 15 is 0 Å². The first-order valence-electron chi connectivity index (χ1n) is 5.45. The van der Waals surface area contributed by atoms with E-state index in [0.717, 1.165) is 17.1 Å². The third-order valence-electron chi connectivity index (χ3n) is 2.61. The quantitative estimate of drug-likeness (QED) is 0.790. The Morgan fingerprint density at radius 2 is 2.00 bits per heavy atom. The molecule has 0 spiro atoms. The van der Waals surface area contributed by atoms with Gasteiger partial charge in [0.05, 0.1) is 0 Å². The lowest BCUT2D eigenvalue weighted by atomic mass is 10.1. The Balaban J connectivity index is 2.92. The van der Waals surface area contributed by atoms with Crippen LogP contribution in [0, 0.1) is 12.8 Å². The van der Waals surface area contributed by atoms with Gasteiger partial charge >= 0.3 is 0 Å². The van der Waals surface area contributed by atoms with Gasteiger partial charge in [-0.2, -0.15) is 0 Å². The van der Waals surface area contributed by atoms with Crippen LogP contribution in [0.5, 0.6) is 0 Å². The average Bonchev–Trinajstić information content (AvgIpc) is 2.16. The second-order valence-electron chi connectivity index (χ2n) is 4.42. The summed E-state index contributed by atoms with van der Waals surface area (Å²) in [5.74, 6) is 1.39. The van der Waals surface area contributed by atoms with E-state index < -0.39 is 0 Å². The van der Waals surface area contributed by atoms with Gasteiger partial charge in [0.25, 0.3) is 0 Å². The highest BCUT2D eigenvalue weighted by atomic mass is 32.1. The van der Waals surface area contributed by atoms with Gasteiger partial charge in [0.15, 0.2) is 0 Å². The molecule has 0 aliphatic carbocycles. The predicted octanol–water partition coefficient (Wildman–Crippen LogP) is 2.48. The van der Waals surface area contributed by atoms with Gasteiger partial charge in [0.2, 0.25) is 0 Å². The lowest BCUT2D eigenvalue weighted by Gasteiger charge is -2.18. The molecule has 1 rings (SSSR count). The molecule has 3 nitrogen and oxygen atoms in total. The summed E-state index contributed by atoms with van der Waals surface area (Å²) in [6.45, 7) is 8.41. The summed E-state index contributed by atoms with van der Waals surface area (Å²) >= 11 is 4.97. The Kier molecular flexibility index (Phi) is 4.24. The zero-order valence-electron chi connectivity index (χ0n) is 10.2. The number of nitrogens with one attached hydrogen (secondary N) is 1. The minimum Gasteiger partial charge on any atom is -0.389 e. The number of nitrogens with zero attached hydrogens (tertiary/aromatic N) is 1. The molecule has 0 bridgehead atoms. The van der Waals surface area contributed by atoms with Crippen molar-refractivity contribution in [2.45, 2.75) is 33.7 Å². The summed E-state index contributed by atoms with van der Waals surface area (Å²) in [5, 5.41) is 3.35. The highest BCUT2D eigenvalue weighted by Gasteiger charge is 2.09. The number of nitrogens with two attached hydrogens (primary N) is 1. The summed E-state index contributed by atoms with van der Waals surface area (Å²) in [6, 6.07) is 4.16. The molecule has 0 amide bonds. The third-order valence-corrected chi connectivity index (χ3v) is 2.85. The fourth-order valence-corrected chi connectivity index (χ4v) is 1.40. The Morgan fingerprint density at radius 1 is 1.38 bits per heavy atom. The van der Waals surface area contributed by atoms with E-state index in [4.69, 9.17) is 18.0 Å². The maximum Gasteiger partial charge on any atom is 0.127 e. The van der Waals surface area contributed by atoms with Crippen molar-refractivity contribution in [2.75, 3.05) is 5.32 Å². The van der Waals surface area contributed by atoms with Crippen LogP contribution in [0.25, 0.3) is 0 Å². The van der Waals surface area contributed by atoms with E-state index in [9.17, 15) is 0 Å². The Morgan fingerprint density at radius 3 is 2.50 bits per heavy atom. The fourth-order valence-electron chi connectivity index (χ4n) is 1.28. The van der Waals surface area contributed by atoms with Crippen molar-refractivity contribution in [3.05, 3.63) is 23.4 Å².